The van der Waals surface area contributed by atoms with E-state index in [2.05, 4.69) is 54.1 Å². The second kappa shape index (κ2) is 11.5. The molecule has 6 nitrogen and oxygen atoms in total. The summed E-state index contributed by atoms with van der Waals surface area (Å²) in [4.78, 5) is 16.4. The standard InChI is InChI=1S/C25H34N4O2/c1-4-27-25(28-16-19-9-13-21(14-10-19)24(30)26-3)29-17-22-6-5-15-31-23(22)20-11-7-18(2)8-12-20/h7-14,22-23H,4-6,15-17H2,1-3H3,(H,26,30)(H2,27,28,29). The topological polar surface area (TPSA) is 74.8 Å². The SMILES string of the molecule is CCNC(=NCc1ccc(C(=O)NC)cc1)NCC1CCCOC1c1ccc(C)cc1. The fraction of sp³-hybridized carbons (Fsp3) is 0.440. The molecule has 3 N–H and O–H groups in total. The third-order valence-electron chi connectivity index (χ3n) is 5.59. The molecule has 3 rings (SSSR count). The van der Waals surface area contributed by atoms with E-state index in [0.29, 0.717) is 18.0 Å². The van der Waals surface area contributed by atoms with Gasteiger partial charge in [-0.15, -0.1) is 0 Å². The number of amides is 1. The van der Waals surface area contributed by atoms with E-state index in [1.54, 1.807) is 7.05 Å². The fourth-order valence-electron chi connectivity index (χ4n) is 3.82. The number of rotatable bonds is 7. The predicted octanol–water partition coefficient (Wildman–Crippen LogP) is 3.58. The van der Waals surface area contributed by atoms with Gasteiger partial charge in [-0.1, -0.05) is 42.0 Å². The Balaban J connectivity index is 1.62. The van der Waals surface area contributed by atoms with Crippen LogP contribution < -0.4 is 16.0 Å². The average molecular weight is 423 g/mol. The summed E-state index contributed by atoms with van der Waals surface area (Å²) in [6.45, 7) is 7.13. The molecule has 1 aliphatic heterocycles. The highest BCUT2D eigenvalue weighted by atomic mass is 16.5. The number of guanidine groups is 1. The number of carbonyl (C=O) groups excluding carboxylic acids is 1. The Morgan fingerprint density at radius 1 is 1.10 bits per heavy atom. The van der Waals surface area contributed by atoms with Gasteiger partial charge >= 0.3 is 0 Å². The molecular weight excluding hydrogens is 388 g/mol. The summed E-state index contributed by atoms with van der Waals surface area (Å²) in [5.74, 6) is 1.11. The summed E-state index contributed by atoms with van der Waals surface area (Å²) >= 11 is 0. The lowest BCUT2D eigenvalue weighted by Crippen LogP contribution is -2.42. The Morgan fingerprint density at radius 3 is 2.52 bits per heavy atom. The number of nitrogens with one attached hydrogen (secondary N) is 3. The molecular formula is C25H34N4O2. The Bertz CT molecular complexity index is 862. The molecule has 0 radical (unpaired) electrons. The van der Waals surface area contributed by atoms with Crippen molar-refractivity contribution in [2.45, 2.75) is 39.3 Å². The number of carbonyl (C=O) groups is 1. The molecule has 31 heavy (non-hydrogen) atoms. The molecule has 2 aromatic rings. The smallest absolute Gasteiger partial charge is 0.251 e. The van der Waals surface area contributed by atoms with Crippen LogP contribution in [0.2, 0.25) is 0 Å². The molecule has 1 fully saturated rings. The molecule has 1 saturated heterocycles. The molecule has 2 atom stereocenters. The Kier molecular flexibility index (Phi) is 8.47. The molecule has 6 heteroatoms. The Morgan fingerprint density at radius 2 is 1.84 bits per heavy atom. The van der Waals surface area contributed by atoms with Crippen molar-refractivity contribution >= 4 is 11.9 Å². The zero-order valence-electron chi connectivity index (χ0n) is 18.8. The van der Waals surface area contributed by atoms with Crippen molar-refractivity contribution in [1.29, 1.82) is 0 Å². The normalized spacial score (nSPS) is 19.0. The van der Waals surface area contributed by atoms with Crippen LogP contribution in [0, 0.1) is 12.8 Å². The van der Waals surface area contributed by atoms with Crippen LogP contribution in [0.25, 0.3) is 0 Å². The maximum absolute atomic E-state index is 11.7. The van der Waals surface area contributed by atoms with Crippen molar-refractivity contribution in [3.63, 3.8) is 0 Å². The maximum Gasteiger partial charge on any atom is 0.251 e. The number of benzene rings is 2. The monoisotopic (exact) mass is 422 g/mol. The van der Waals surface area contributed by atoms with Crippen molar-refractivity contribution in [3.8, 4) is 0 Å². The highest BCUT2D eigenvalue weighted by Gasteiger charge is 2.27. The molecule has 1 heterocycles. The molecule has 0 spiro atoms. The second-order valence-electron chi connectivity index (χ2n) is 7.96. The molecule has 166 valence electrons. The van der Waals surface area contributed by atoms with Gasteiger partial charge in [0.25, 0.3) is 5.91 Å². The van der Waals surface area contributed by atoms with Gasteiger partial charge in [-0.25, -0.2) is 4.99 Å². The lowest BCUT2D eigenvalue weighted by Gasteiger charge is -2.32. The van der Waals surface area contributed by atoms with Crippen molar-refractivity contribution in [1.82, 2.24) is 16.0 Å². The largest absolute Gasteiger partial charge is 0.373 e. The Labute approximate surface area is 185 Å². The van der Waals surface area contributed by atoms with Gasteiger partial charge in [0, 0.05) is 38.2 Å². The van der Waals surface area contributed by atoms with Gasteiger partial charge < -0.3 is 20.7 Å². The summed E-state index contributed by atoms with van der Waals surface area (Å²) < 4.78 is 6.14. The Hall–Kier alpha value is -2.86. The van der Waals surface area contributed by atoms with Crippen LogP contribution in [0.1, 0.15) is 52.9 Å². The average Bonchev–Trinajstić information content (AvgIpc) is 2.81. The van der Waals surface area contributed by atoms with Crippen molar-refractivity contribution in [2.24, 2.45) is 10.9 Å². The van der Waals surface area contributed by atoms with Gasteiger partial charge in [0.1, 0.15) is 0 Å². The molecule has 1 aliphatic rings. The fourth-order valence-corrected chi connectivity index (χ4v) is 3.82. The van der Waals surface area contributed by atoms with E-state index in [1.165, 1.54) is 11.1 Å². The highest BCUT2D eigenvalue weighted by molar-refractivity contribution is 5.93. The van der Waals surface area contributed by atoms with Crippen molar-refractivity contribution in [2.75, 3.05) is 26.7 Å². The van der Waals surface area contributed by atoms with Gasteiger partial charge in [0.05, 0.1) is 12.6 Å². The van der Waals surface area contributed by atoms with E-state index in [-0.39, 0.29) is 12.0 Å². The van der Waals surface area contributed by atoms with Gasteiger partial charge in [0.2, 0.25) is 0 Å². The number of nitrogens with zero attached hydrogens (tertiary/aromatic N) is 1. The van der Waals surface area contributed by atoms with Gasteiger partial charge in [-0.3, -0.25) is 4.79 Å². The van der Waals surface area contributed by atoms with Crippen LogP contribution >= 0.6 is 0 Å². The lowest BCUT2D eigenvalue weighted by molar-refractivity contribution is -0.0265. The summed E-state index contributed by atoms with van der Waals surface area (Å²) in [6.07, 6.45) is 2.33. The van der Waals surface area contributed by atoms with E-state index in [0.717, 1.165) is 44.1 Å². The van der Waals surface area contributed by atoms with Crippen LogP contribution in [0.4, 0.5) is 0 Å². The number of aryl methyl sites for hydroxylation is 1. The first-order valence-corrected chi connectivity index (χ1v) is 11.1. The zero-order chi connectivity index (χ0) is 22.1. The highest BCUT2D eigenvalue weighted by Crippen LogP contribution is 2.33. The van der Waals surface area contributed by atoms with Crippen LogP contribution in [0.3, 0.4) is 0 Å². The maximum atomic E-state index is 11.7. The summed E-state index contributed by atoms with van der Waals surface area (Å²) in [7, 11) is 1.63. The van der Waals surface area contributed by atoms with Crippen LogP contribution in [0.15, 0.2) is 53.5 Å². The summed E-state index contributed by atoms with van der Waals surface area (Å²) in [6, 6.07) is 16.2. The minimum atomic E-state index is -0.0807. The van der Waals surface area contributed by atoms with Gasteiger partial charge in [0.15, 0.2) is 5.96 Å². The molecule has 0 bridgehead atoms. The van der Waals surface area contributed by atoms with Crippen molar-refractivity contribution < 1.29 is 9.53 Å². The molecule has 0 aliphatic carbocycles. The summed E-state index contributed by atoms with van der Waals surface area (Å²) in [5.41, 5.74) is 4.22. The predicted molar refractivity (Wildman–Crippen MR) is 125 cm³/mol. The van der Waals surface area contributed by atoms with E-state index in [4.69, 9.17) is 9.73 Å². The first-order chi connectivity index (χ1) is 15.1. The number of hydrogen-bond acceptors (Lipinski definition) is 3. The van der Waals surface area contributed by atoms with Crippen LogP contribution in [-0.4, -0.2) is 38.6 Å². The van der Waals surface area contributed by atoms with Gasteiger partial charge in [-0.05, 0) is 49.9 Å². The lowest BCUT2D eigenvalue weighted by atomic mass is 9.89. The number of ether oxygens (including phenoxy) is 1. The molecule has 1 amide bonds. The first-order valence-electron chi connectivity index (χ1n) is 11.1. The van der Waals surface area contributed by atoms with Crippen LogP contribution in [-0.2, 0) is 11.3 Å². The number of aliphatic imine (C=N–C) groups is 1. The van der Waals surface area contributed by atoms with E-state index < -0.39 is 0 Å². The number of hydrogen-bond donors (Lipinski definition) is 3. The van der Waals surface area contributed by atoms with Crippen LogP contribution in [0.5, 0.6) is 0 Å². The first kappa shape index (κ1) is 22.8. The minimum Gasteiger partial charge on any atom is -0.373 e. The third-order valence-corrected chi connectivity index (χ3v) is 5.59. The quantitative estimate of drug-likeness (QED) is 0.471. The molecule has 2 unspecified atom stereocenters. The van der Waals surface area contributed by atoms with E-state index >= 15 is 0 Å². The third kappa shape index (κ3) is 6.56. The van der Waals surface area contributed by atoms with E-state index in [9.17, 15) is 4.79 Å². The molecule has 2 aromatic carbocycles. The molecule has 0 saturated carbocycles. The molecule has 0 aromatic heterocycles. The second-order valence-corrected chi connectivity index (χ2v) is 7.96. The minimum absolute atomic E-state index is 0.0807. The van der Waals surface area contributed by atoms with Gasteiger partial charge in [-0.2, -0.15) is 0 Å². The summed E-state index contributed by atoms with van der Waals surface area (Å²) in [5, 5.41) is 9.47. The van der Waals surface area contributed by atoms with E-state index in [1.807, 2.05) is 24.3 Å². The zero-order valence-corrected chi connectivity index (χ0v) is 18.8. The van der Waals surface area contributed by atoms with Crippen molar-refractivity contribution in [3.05, 3.63) is 70.8 Å².